The Balaban J connectivity index is 2.87. The van der Waals surface area contributed by atoms with Gasteiger partial charge < -0.3 is 9.47 Å². The smallest absolute Gasteiger partial charge is 0.387 e. The Morgan fingerprint density at radius 3 is 2.35 bits per heavy atom. The van der Waals surface area contributed by atoms with Crippen molar-refractivity contribution in [2.75, 3.05) is 7.11 Å². The van der Waals surface area contributed by atoms with Gasteiger partial charge in [0.1, 0.15) is 11.8 Å². The molecule has 0 saturated carbocycles. The molecule has 6 heteroatoms. The van der Waals surface area contributed by atoms with Gasteiger partial charge in [0, 0.05) is 6.04 Å². The lowest BCUT2D eigenvalue weighted by Crippen LogP contribution is -2.35. The number of carbonyl (C=O) groups is 1. The molecule has 20 heavy (non-hydrogen) atoms. The summed E-state index contributed by atoms with van der Waals surface area (Å²) in [5, 5.41) is 3.13. The van der Waals surface area contributed by atoms with Crippen molar-refractivity contribution in [3.8, 4) is 5.75 Å². The Kier molecular flexibility index (Phi) is 6.38. The molecular formula is C14H19F2NO3. The number of esters is 1. The standard InChI is InChI=1S/C14H19F2NO3/c1-4-9(2)17-12(13(18)19-3)10-5-7-11(8-6-10)20-14(15)16/h5-9,12,14,17H,4H2,1-3H3. The van der Waals surface area contributed by atoms with Crippen LogP contribution < -0.4 is 10.1 Å². The van der Waals surface area contributed by atoms with Crippen LogP contribution in [-0.4, -0.2) is 25.7 Å². The molecule has 1 N–H and O–H groups in total. The first kappa shape index (κ1) is 16.4. The maximum absolute atomic E-state index is 12.1. The van der Waals surface area contributed by atoms with E-state index in [-0.39, 0.29) is 11.8 Å². The minimum Gasteiger partial charge on any atom is -0.468 e. The molecule has 0 aliphatic rings. The Bertz CT molecular complexity index is 423. The van der Waals surface area contributed by atoms with Gasteiger partial charge in [-0.2, -0.15) is 8.78 Å². The van der Waals surface area contributed by atoms with E-state index in [1.807, 2.05) is 13.8 Å². The Morgan fingerprint density at radius 1 is 1.30 bits per heavy atom. The lowest BCUT2D eigenvalue weighted by molar-refractivity contribution is -0.143. The zero-order chi connectivity index (χ0) is 15.1. The van der Waals surface area contributed by atoms with E-state index in [1.165, 1.54) is 19.2 Å². The highest BCUT2D eigenvalue weighted by molar-refractivity contribution is 5.77. The lowest BCUT2D eigenvalue weighted by atomic mass is 10.1. The molecular weight excluding hydrogens is 268 g/mol. The van der Waals surface area contributed by atoms with Crippen LogP contribution in [0.25, 0.3) is 0 Å². The highest BCUT2D eigenvalue weighted by Gasteiger charge is 2.22. The van der Waals surface area contributed by atoms with Crippen molar-refractivity contribution >= 4 is 5.97 Å². The summed E-state index contributed by atoms with van der Waals surface area (Å²) in [6, 6.07) is 5.42. The van der Waals surface area contributed by atoms with Gasteiger partial charge in [0.25, 0.3) is 0 Å². The number of halogens is 2. The zero-order valence-electron chi connectivity index (χ0n) is 11.7. The maximum atomic E-state index is 12.1. The third-order valence-electron chi connectivity index (χ3n) is 2.94. The number of carbonyl (C=O) groups excluding carboxylic acids is 1. The second kappa shape index (κ2) is 7.79. The van der Waals surface area contributed by atoms with Crippen LogP contribution in [0.4, 0.5) is 8.78 Å². The summed E-state index contributed by atoms with van der Waals surface area (Å²) in [6.45, 7) is 1.07. The number of alkyl halides is 2. The van der Waals surface area contributed by atoms with Crippen molar-refractivity contribution < 1.29 is 23.0 Å². The minimum absolute atomic E-state index is 0.0518. The predicted octanol–water partition coefficient (Wildman–Crippen LogP) is 2.89. The molecule has 0 heterocycles. The second-order valence-electron chi connectivity index (χ2n) is 4.38. The number of hydrogen-bond donors (Lipinski definition) is 1. The van der Waals surface area contributed by atoms with Crippen molar-refractivity contribution in [1.29, 1.82) is 0 Å². The summed E-state index contributed by atoms with van der Waals surface area (Å²) in [6.07, 6.45) is 0.847. The molecule has 0 bridgehead atoms. The third kappa shape index (κ3) is 4.77. The van der Waals surface area contributed by atoms with E-state index >= 15 is 0 Å². The Morgan fingerprint density at radius 2 is 1.90 bits per heavy atom. The molecule has 0 spiro atoms. The molecule has 1 aromatic carbocycles. The van der Waals surface area contributed by atoms with Gasteiger partial charge in [0.15, 0.2) is 0 Å². The summed E-state index contributed by atoms with van der Waals surface area (Å²) >= 11 is 0. The summed E-state index contributed by atoms with van der Waals surface area (Å²) in [5.74, 6) is -0.372. The first-order valence-electron chi connectivity index (χ1n) is 6.36. The predicted molar refractivity (Wildman–Crippen MR) is 70.7 cm³/mol. The number of rotatable bonds is 7. The van der Waals surface area contributed by atoms with Crippen molar-refractivity contribution in [2.24, 2.45) is 0 Å². The normalized spacial score (nSPS) is 13.9. The van der Waals surface area contributed by atoms with Gasteiger partial charge in [-0.05, 0) is 31.0 Å². The average Bonchev–Trinajstić information content (AvgIpc) is 2.44. The van der Waals surface area contributed by atoms with Crippen LogP contribution in [0, 0.1) is 0 Å². The highest BCUT2D eigenvalue weighted by Crippen LogP contribution is 2.21. The Hall–Kier alpha value is -1.69. The van der Waals surface area contributed by atoms with Crippen LogP contribution in [0.2, 0.25) is 0 Å². The van der Waals surface area contributed by atoms with E-state index in [0.717, 1.165) is 6.42 Å². The fraction of sp³-hybridized carbons (Fsp3) is 0.500. The molecule has 2 unspecified atom stereocenters. The molecule has 2 atom stereocenters. The molecule has 0 aromatic heterocycles. The molecule has 0 fully saturated rings. The topological polar surface area (TPSA) is 47.6 Å². The number of hydrogen-bond acceptors (Lipinski definition) is 4. The number of methoxy groups -OCH3 is 1. The minimum atomic E-state index is -2.87. The van der Waals surface area contributed by atoms with Crippen LogP contribution in [0.5, 0.6) is 5.75 Å². The van der Waals surface area contributed by atoms with Gasteiger partial charge in [-0.1, -0.05) is 19.1 Å². The van der Waals surface area contributed by atoms with Crippen LogP contribution in [0.3, 0.4) is 0 Å². The van der Waals surface area contributed by atoms with Crippen molar-refractivity contribution in [1.82, 2.24) is 5.32 Å². The zero-order valence-corrected chi connectivity index (χ0v) is 11.7. The van der Waals surface area contributed by atoms with E-state index < -0.39 is 18.6 Å². The van der Waals surface area contributed by atoms with Gasteiger partial charge in [0.2, 0.25) is 0 Å². The first-order valence-corrected chi connectivity index (χ1v) is 6.36. The largest absolute Gasteiger partial charge is 0.468 e. The summed E-state index contributed by atoms with van der Waals surface area (Å²) in [7, 11) is 1.31. The van der Waals surface area contributed by atoms with Crippen molar-refractivity contribution in [3.63, 3.8) is 0 Å². The molecule has 4 nitrogen and oxygen atoms in total. The van der Waals surface area contributed by atoms with Crippen molar-refractivity contribution in [2.45, 2.75) is 39.0 Å². The molecule has 0 saturated heterocycles. The molecule has 1 aromatic rings. The summed E-state index contributed by atoms with van der Waals surface area (Å²) < 4.78 is 33.2. The quantitative estimate of drug-likeness (QED) is 0.783. The average molecular weight is 287 g/mol. The van der Waals surface area contributed by atoms with Gasteiger partial charge in [-0.3, -0.25) is 5.32 Å². The van der Waals surface area contributed by atoms with E-state index in [9.17, 15) is 13.6 Å². The lowest BCUT2D eigenvalue weighted by Gasteiger charge is -2.21. The van der Waals surface area contributed by atoms with Gasteiger partial charge in [0.05, 0.1) is 7.11 Å². The van der Waals surface area contributed by atoms with Crippen LogP contribution in [0.1, 0.15) is 31.9 Å². The number of nitrogens with one attached hydrogen (secondary N) is 1. The van der Waals surface area contributed by atoms with E-state index in [2.05, 4.69) is 10.1 Å². The maximum Gasteiger partial charge on any atom is 0.387 e. The molecule has 0 radical (unpaired) electrons. The number of benzene rings is 1. The van der Waals surface area contributed by atoms with Crippen LogP contribution >= 0.6 is 0 Å². The molecule has 1 rings (SSSR count). The van der Waals surface area contributed by atoms with Gasteiger partial charge in [-0.15, -0.1) is 0 Å². The van der Waals surface area contributed by atoms with Crippen molar-refractivity contribution in [3.05, 3.63) is 29.8 Å². The Labute approximate surface area is 117 Å². The summed E-state index contributed by atoms with van der Waals surface area (Å²) in [4.78, 5) is 11.8. The highest BCUT2D eigenvalue weighted by atomic mass is 19.3. The molecule has 0 amide bonds. The fourth-order valence-corrected chi connectivity index (χ4v) is 1.66. The number of ether oxygens (including phenoxy) is 2. The fourth-order valence-electron chi connectivity index (χ4n) is 1.66. The molecule has 0 aliphatic heterocycles. The van der Waals surface area contributed by atoms with Gasteiger partial charge in [-0.25, -0.2) is 4.79 Å². The first-order chi connectivity index (χ1) is 9.47. The van der Waals surface area contributed by atoms with Crippen LogP contribution in [0.15, 0.2) is 24.3 Å². The monoisotopic (exact) mass is 287 g/mol. The van der Waals surface area contributed by atoms with E-state index in [1.54, 1.807) is 12.1 Å². The summed E-state index contributed by atoms with van der Waals surface area (Å²) in [5.41, 5.74) is 0.638. The van der Waals surface area contributed by atoms with Crippen LogP contribution in [-0.2, 0) is 9.53 Å². The van der Waals surface area contributed by atoms with Gasteiger partial charge >= 0.3 is 12.6 Å². The molecule has 0 aliphatic carbocycles. The second-order valence-corrected chi connectivity index (χ2v) is 4.38. The SMILES string of the molecule is CCC(C)NC(C(=O)OC)c1ccc(OC(F)F)cc1. The molecule has 112 valence electrons. The van der Waals surface area contributed by atoms with E-state index in [0.29, 0.717) is 5.56 Å². The third-order valence-corrected chi connectivity index (χ3v) is 2.94. The van der Waals surface area contributed by atoms with E-state index in [4.69, 9.17) is 4.74 Å².